The van der Waals surface area contributed by atoms with E-state index >= 15 is 0 Å². The lowest BCUT2D eigenvalue weighted by atomic mass is 10.00. The van der Waals surface area contributed by atoms with Gasteiger partial charge in [-0.3, -0.25) is 4.79 Å². The van der Waals surface area contributed by atoms with Gasteiger partial charge >= 0.3 is 0 Å². The van der Waals surface area contributed by atoms with Crippen LogP contribution in [0.25, 0.3) is 0 Å². The van der Waals surface area contributed by atoms with Gasteiger partial charge in [0.15, 0.2) is 5.78 Å². The Hall–Kier alpha value is -0.590. The Morgan fingerprint density at radius 3 is 0.653 bits per heavy atom. The number of ketones is 1. The number of unbranched alkanes of at least 4 members (excludes halogenated alkanes) is 39. The second kappa shape index (κ2) is 43.6. The molecule has 49 heavy (non-hydrogen) atoms. The lowest BCUT2D eigenvalue weighted by molar-refractivity contribution is -0.115. The minimum absolute atomic E-state index is 0.315. The van der Waals surface area contributed by atoms with Crippen molar-refractivity contribution in [1.29, 1.82) is 0 Å². The number of allylic oxidation sites excluding steroid dienone is 1. The van der Waals surface area contributed by atoms with E-state index in [0.717, 1.165) is 24.8 Å². The number of Topliss-reactive ketones (excluding diaryl/α,β-unsaturated/α-hetero) is 1. The molecular weight excluding hydrogens is 593 g/mol. The van der Waals surface area contributed by atoms with Crippen molar-refractivity contribution >= 4 is 5.78 Å². The maximum Gasteiger partial charge on any atom is 0.158 e. The zero-order chi connectivity index (χ0) is 35.6. The van der Waals surface area contributed by atoms with Gasteiger partial charge in [-0.25, -0.2) is 0 Å². The van der Waals surface area contributed by atoms with Gasteiger partial charge in [-0.2, -0.15) is 0 Å². The first-order valence-corrected chi connectivity index (χ1v) is 23.4. The molecule has 0 aromatic rings. The van der Waals surface area contributed by atoms with E-state index in [-0.39, 0.29) is 0 Å². The molecule has 0 radical (unpaired) electrons. The fourth-order valence-corrected chi connectivity index (χ4v) is 7.63. The van der Waals surface area contributed by atoms with Crippen LogP contribution in [0.4, 0.5) is 0 Å². The molecular formula is C48H94O. The average molecular weight is 687 g/mol. The van der Waals surface area contributed by atoms with Crippen LogP contribution in [-0.4, -0.2) is 5.78 Å². The topological polar surface area (TPSA) is 17.1 Å². The van der Waals surface area contributed by atoms with Crippen molar-refractivity contribution in [2.75, 3.05) is 0 Å². The molecule has 1 heteroatoms. The van der Waals surface area contributed by atoms with Crippen molar-refractivity contribution in [2.24, 2.45) is 0 Å². The highest BCUT2D eigenvalue weighted by atomic mass is 16.1. The Morgan fingerprint density at radius 2 is 0.429 bits per heavy atom. The Balaban J connectivity index is 3.11. The van der Waals surface area contributed by atoms with Crippen molar-refractivity contribution in [3.05, 3.63) is 12.2 Å². The minimum Gasteiger partial charge on any atom is -0.295 e. The van der Waals surface area contributed by atoms with Crippen LogP contribution in [0.2, 0.25) is 0 Å². The van der Waals surface area contributed by atoms with Crippen LogP contribution in [0.5, 0.6) is 0 Å². The summed E-state index contributed by atoms with van der Waals surface area (Å²) in [5, 5.41) is 0. The SMILES string of the molecule is C=C(CCCCCCCCCCCCCCCCCCCCCCCCCCCCCCCCCCCCCCCC)C(=O)CCCCC. The molecule has 0 aliphatic heterocycles. The first-order chi connectivity index (χ1) is 24.2. The first kappa shape index (κ1) is 48.4. The van der Waals surface area contributed by atoms with Crippen molar-refractivity contribution < 1.29 is 4.79 Å². The molecule has 0 aromatic heterocycles. The summed E-state index contributed by atoms with van der Waals surface area (Å²) in [5.41, 5.74) is 0.877. The summed E-state index contributed by atoms with van der Waals surface area (Å²) in [6.07, 6.45) is 60.1. The predicted molar refractivity (Wildman–Crippen MR) is 224 cm³/mol. The average Bonchev–Trinajstić information content (AvgIpc) is 3.11. The fraction of sp³-hybridized carbons (Fsp3) is 0.938. The number of carbonyl (C=O) groups is 1. The first-order valence-electron chi connectivity index (χ1n) is 23.4. The van der Waals surface area contributed by atoms with Crippen LogP contribution in [0, 0.1) is 0 Å². The molecule has 0 bridgehead atoms. The zero-order valence-electron chi connectivity index (χ0n) is 34.5. The van der Waals surface area contributed by atoms with E-state index in [0.29, 0.717) is 12.2 Å². The molecule has 1 nitrogen and oxygen atoms in total. The van der Waals surface area contributed by atoms with E-state index in [1.54, 1.807) is 0 Å². The molecule has 0 amide bonds. The lowest BCUT2D eigenvalue weighted by Gasteiger charge is -2.06. The molecule has 0 heterocycles. The molecule has 0 N–H and O–H groups in total. The Bertz CT molecular complexity index is 635. The lowest BCUT2D eigenvalue weighted by Crippen LogP contribution is -2.01. The molecule has 0 unspecified atom stereocenters. The van der Waals surface area contributed by atoms with Crippen LogP contribution < -0.4 is 0 Å². The normalized spacial score (nSPS) is 11.5. The standard InChI is InChI=1S/C48H94O/c1-4-6-8-9-10-11-12-13-14-15-16-17-18-19-20-21-22-23-24-25-26-27-28-29-30-31-32-33-34-35-36-37-38-39-40-41-42-44-45-47(3)48(49)46-43-7-5-2/h3-46H2,1-2H3. The van der Waals surface area contributed by atoms with Gasteiger partial charge in [-0.1, -0.05) is 271 Å². The van der Waals surface area contributed by atoms with Crippen molar-refractivity contribution in [3.63, 3.8) is 0 Å². The Labute approximate surface area is 311 Å². The molecule has 0 aromatic carbocycles. The molecule has 0 fully saturated rings. The van der Waals surface area contributed by atoms with Gasteiger partial charge in [-0.05, 0) is 24.8 Å². The summed E-state index contributed by atoms with van der Waals surface area (Å²) < 4.78 is 0. The van der Waals surface area contributed by atoms with Gasteiger partial charge in [-0.15, -0.1) is 0 Å². The molecule has 292 valence electrons. The van der Waals surface area contributed by atoms with Crippen LogP contribution in [-0.2, 0) is 4.79 Å². The van der Waals surface area contributed by atoms with Gasteiger partial charge in [0, 0.05) is 6.42 Å². The highest BCUT2D eigenvalue weighted by Gasteiger charge is 2.06. The highest BCUT2D eigenvalue weighted by molar-refractivity contribution is 5.94. The van der Waals surface area contributed by atoms with Crippen LogP contribution in [0.1, 0.15) is 290 Å². The maximum atomic E-state index is 12.0. The summed E-state index contributed by atoms with van der Waals surface area (Å²) in [6.45, 7) is 8.52. The number of rotatable bonds is 44. The largest absolute Gasteiger partial charge is 0.295 e. The van der Waals surface area contributed by atoms with Gasteiger partial charge in [0.25, 0.3) is 0 Å². The molecule has 0 spiro atoms. The van der Waals surface area contributed by atoms with E-state index in [1.165, 1.54) is 250 Å². The van der Waals surface area contributed by atoms with Crippen molar-refractivity contribution in [3.8, 4) is 0 Å². The highest BCUT2D eigenvalue weighted by Crippen LogP contribution is 2.18. The van der Waals surface area contributed by atoms with Gasteiger partial charge in [0.2, 0.25) is 0 Å². The van der Waals surface area contributed by atoms with Gasteiger partial charge < -0.3 is 0 Å². The van der Waals surface area contributed by atoms with Crippen LogP contribution >= 0.6 is 0 Å². The predicted octanol–water partition coefficient (Wildman–Crippen LogP) is 17.9. The second-order valence-corrected chi connectivity index (χ2v) is 16.3. The van der Waals surface area contributed by atoms with Gasteiger partial charge in [0.1, 0.15) is 0 Å². The molecule has 0 saturated heterocycles. The quantitative estimate of drug-likeness (QED) is 0.0460. The third kappa shape index (κ3) is 41.7. The summed E-state index contributed by atoms with van der Waals surface area (Å²) in [6, 6.07) is 0. The molecule has 0 rings (SSSR count). The molecule has 0 atom stereocenters. The summed E-state index contributed by atoms with van der Waals surface area (Å²) in [4.78, 5) is 12.0. The van der Waals surface area contributed by atoms with Crippen LogP contribution in [0.3, 0.4) is 0 Å². The molecule has 0 aliphatic carbocycles. The summed E-state index contributed by atoms with van der Waals surface area (Å²) >= 11 is 0. The third-order valence-electron chi connectivity index (χ3n) is 11.2. The second-order valence-electron chi connectivity index (χ2n) is 16.3. The Kier molecular flexibility index (Phi) is 43.0. The number of hydrogen-bond acceptors (Lipinski definition) is 1. The van der Waals surface area contributed by atoms with Crippen molar-refractivity contribution in [1.82, 2.24) is 0 Å². The van der Waals surface area contributed by atoms with Crippen molar-refractivity contribution in [2.45, 2.75) is 290 Å². The van der Waals surface area contributed by atoms with Gasteiger partial charge in [0.05, 0.1) is 0 Å². The third-order valence-corrected chi connectivity index (χ3v) is 11.2. The fourth-order valence-electron chi connectivity index (χ4n) is 7.63. The van der Waals surface area contributed by atoms with E-state index in [4.69, 9.17) is 0 Å². The van der Waals surface area contributed by atoms with E-state index < -0.39 is 0 Å². The van der Waals surface area contributed by atoms with E-state index in [1.807, 2.05) is 0 Å². The maximum absolute atomic E-state index is 12.0. The Morgan fingerprint density at radius 1 is 0.265 bits per heavy atom. The molecule has 0 aliphatic rings. The number of carbonyl (C=O) groups excluding carboxylic acids is 1. The summed E-state index contributed by atoms with van der Waals surface area (Å²) in [7, 11) is 0. The van der Waals surface area contributed by atoms with Crippen LogP contribution in [0.15, 0.2) is 12.2 Å². The smallest absolute Gasteiger partial charge is 0.158 e. The monoisotopic (exact) mass is 687 g/mol. The van der Waals surface area contributed by atoms with E-state index in [2.05, 4.69) is 20.4 Å². The van der Waals surface area contributed by atoms with E-state index in [9.17, 15) is 4.79 Å². The minimum atomic E-state index is 0.315. The summed E-state index contributed by atoms with van der Waals surface area (Å²) in [5.74, 6) is 0.315. The zero-order valence-corrected chi connectivity index (χ0v) is 34.5. The number of hydrogen-bond donors (Lipinski definition) is 0. The molecule has 0 saturated carbocycles.